The van der Waals surface area contributed by atoms with Gasteiger partial charge in [0.1, 0.15) is 11.4 Å². The monoisotopic (exact) mass is 618 g/mol. The van der Waals surface area contributed by atoms with Crippen molar-refractivity contribution >= 4 is 35.5 Å². The zero-order chi connectivity index (χ0) is 32.3. The van der Waals surface area contributed by atoms with E-state index in [2.05, 4.69) is 10.6 Å². The van der Waals surface area contributed by atoms with E-state index in [0.29, 0.717) is 42.1 Å². The fourth-order valence-corrected chi connectivity index (χ4v) is 4.09. The van der Waals surface area contributed by atoms with Gasteiger partial charge in [-0.2, -0.15) is 0 Å². The first-order valence-corrected chi connectivity index (χ1v) is 14.6. The number of benzene rings is 2. The summed E-state index contributed by atoms with van der Waals surface area (Å²) in [6, 6.07) is 13.8. The molecule has 0 saturated carbocycles. The number of esters is 2. The highest BCUT2D eigenvalue weighted by molar-refractivity contribution is 6.30. The molecule has 236 valence electrons. The molecule has 43 heavy (non-hydrogen) atoms. The van der Waals surface area contributed by atoms with Gasteiger partial charge in [-0.15, -0.1) is 0 Å². The maximum Gasteiger partial charge on any atom is 0.407 e. The van der Waals surface area contributed by atoms with E-state index in [4.69, 9.17) is 30.5 Å². The highest BCUT2D eigenvalue weighted by Gasteiger charge is 2.38. The summed E-state index contributed by atoms with van der Waals surface area (Å²) in [5.74, 6) is -1.06. The lowest BCUT2D eigenvalue weighted by Gasteiger charge is -2.30. The first kappa shape index (κ1) is 35.4. The first-order chi connectivity index (χ1) is 20.1. The Morgan fingerprint density at radius 1 is 0.791 bits per heavy atom. The summed E-state index contributed by atoms with van der Waals surface area (Å²) >= 11 is 5.86. The van der Waals surface area contributed by atoms with Crippen LogP contribution >= 0.6 is 11.6 Å². The van der Waals surface area contributed by atoms with E-state index in [-0.39, 0.29) is 12.5 Å². The largest absolute Gasteiger partial charge is 0.476 e. The van der Waals surface area contributed by atoms with Gasteiger partial charge in [-0.1, -0.05) is 37.6 Å². The van der Waals surface area contributed by atoms with Crippen molar-refractivity contribution in [3.63, 3.8) is 0 Å². The Kier molecular flexibility index (Phi) is 12.9. The summed E-state index contributed by atoms with van der Waals surface area (Å²) in [6.07, 6.45) is 0.753. The molecule has 11 heteroatoms. The van der Waals surface area contributed by atoms with Gasteiger partial charge >= 0.3 is 18.0 Å². The minimum absolute atomic E-state index is 0.0149. The second-order valence-electron chi connectivity index (χ2n) is 11.6. The van der Waals surface area contributed by atoms with Crippen molar-refractivity contribution in [1.29, 1.82) is 0 Å². The maximum absolute atomic E-state index is 12.9. The molecule has 0 aromatic heterocycles. The fraction of sp³-hybridized carbons (Fsp3) is 0.500. The molecule has 0 spiro atoms. The molecule has 0 aliphatic rings. The molecule has 0 saturated heterocycles. The van der Waals surface area contributed by atoms with Gasteiger partial charge in [-0.3, -0.25) is 9.59 Å². The van der Waals surface area contributed by atoms with Crippen LogP contribution in [-0.2, 0) is 30.2 Å². The van der Waals surface area contributed by atoms with Crippen molar-refractivity contribution in [1.82, 2.24) is 10.6 Å². The van der Waals surface area contributed by atoms with Crippen LogP contribution in [0.3, 0.4) is 0 Å². The van der Waals surface area contributed by atoms with E-state index in [1.807, 2.05) is 26.0 Å². The molecule has 2 aromatic carbocycles. The maximum atomic E-state index is 12.9. The molecule has 10 nitrogen and oxygen atoms in total. The van der Waals surface area contributed by atoms with Crippen LogP contribution in [0.25, 0.3) is 0 Å². The van der Waals surface area contributed by atoms with Gasteiger partial charge in [0.25, 0.3) is 5.91 Å². The molecule has 0 bridgehead atoms. The summed E-state index contributed by atoms with van der Waals surface area (Å²) in [5, 5.41) is 6.06. The number of carbonyl (C=O) groups excluding carboxylic acids is 4. The van der Waals surface area contributed by atoms with Gasteiger partial charge in [0.2, 0.25) is 6.79 Å². The summed E-state index contributed by atoms with van der Waals surface area (Å²) < 4.78 is 21.6. The number of hydrogen-bond donors (Lipinski definition) is 2. The standard InChI is InChI=1S/C32H43ClN2O8/c1-8-32(9-2,20-35-29(39)43-30(3,4)5)28(38)41-21-40-27(37)31(6,7)42-25-16-10-22(11-17-25)18-19-34-26(36)23-12-14-24(33)15-13-23/h10-17H,8-9,18-21H2,1-7H3,(H,34,36)(H,35,39). The Balaban J connectivity index is 1.82. The summed E-state index contributed by atoms with van der Waals surface area (Å²) in [7, 11) is 0. The zero-order valence-corrected chi connectivity index (χ0v) is 26.8. The van der Waals surface area contributed by atoms with Gasteiger partial charge in [-0.25, -0.2) is 9.59 Å². The number of hydrogen-bond acceptors (Lipinski definition) is 8. The average Bonchev–Trinajstić information content (AvgIpc) is 2.94. The van der Waals surface area contributed by atoms with Crippen LogP contribution in [0.15, 0.2) is 48.5 Å². The number of carbonyl (C=O) groups is 4. The first-order valence-electron chi connectivity index (χ1n) is 14.2. The molecule has 0 atom stereocenters. The Hall–Kier alpha value is -3.79. The number of nitrogens with one attached hydrogen (secondary N) is 2. The lowest BCUT2D eigenvalue weighted by molar-refractivity contribution is -0.183. The quantitative estimate of drug-likeness (QED) is 0.199. The SMILES string of the molecule is CCC(CC)(CNC(=O)OC(C)(C)C)C(=O)OCOC(=O)C(C)(C)Oc1ccc(CCNC(=O)c2ccc(Cl)cc2)cc1. The molecular formula is C32H43ClN2O8. The molecule has 0 aliphatic carbocycles. The predicted octanol–water partition coefficient (Wildman–Crippen LogP) is 5.84. The Labute approximate surface area is 258 Å². The Morgan fingerprint density at radius 3 is 1.93 bits per heavy atom. The number of rotatable bonds is 14. The van der Waals surface area contributed by atoms with Crippen molar-refractivity contribution in [2.24, 2.45) is 5.41 Å². The van der Waals surface area contributed by atoms with Gasteiger partial charge in [0.15, 0.2) is 5.60 Å². The third-order valence-corrected chi connectivity index (χ3v) is 6.98. The fourth-order valence-electron chi connectivity index (χ4n) is 3.96. The molecule has 0 heterocycles. The zero-order valence-electron chi connectivity index (χ0n) is 26.0. The van der Waals surface area contributed by atoms with Crippen LogP contribution in [0.4, 0.5) is 4.79 Å². The van der Waals surface area contributed by atoms with Crippen molar-refractivity contribution < 1.29 is 38.1 Å². The third kappa shape index (κ3) is 11.4. The Bertz CT molecular complexity index is 1230. The molecule has 2 aromatic rings. The second-order valence-corrected chi connectivity index (χ2v) is 12.0. The van der Waals surface area contributed by atoms with Crippen LogP contribution in [-0.4, -0.2) is 55.0 Å². The van der Waals surface area contributed by atoms with Crippen LogP contribution in [0.1, 0.15) is 77.2 Å². The second kappa shape index (κ2) is 15.6. The van der Waals surface area contributed by atoms with E-state index in [1.165, 1.54) is 0 Å². The van der Waals surface area contributed by atoms with Gasteiger partial charge < -0.3 is 29.6 Å². The molecule has 0 aliphatic heterocycles. The molecule has 2 N–H and O–H groups in total. The predicted molar refractivity (Wildman–Crippen MR) is 163 cm³/mol. The van der Waals surface area contributed by atoms with Crippen molar-refractivity contribution in [3.05, 3.63) is 64.7 Å². The normalized spacial score (nSPS) is 11.7. The van der Waals surface area contributed by atoms with Crippen molar-refractivity contribution in [2.45, 2.75) is 78.9 Å². The summed E-state index contributed by atoms with van der Waals surface area (Å²) in [4.78, 5) is 50.0. The van der Waals surface area contributed by atoms with Crippen molar-refractivity contribution in [3.8, 4) is 5.75 Å². The highest BCUT2D eigenvalue weighted by Crippen LogP contribution is 2.28. The molecule has 0 fully saturated rings. The number of alkyl carbamates (subject to hydrolysis) is 1. The average molecular weight is 619 g/mol. The molecule has 0 radical (unpaired) electrons. The lowest BCUT2D eigenvalue weighted by Crippen LogP contribution is -2.45. The van der Waals surface area contributed by atoms with Crippen LogP contribution in [0, 0.1) is 5.41 Å². The lowest BCUT2D eigenvalue weighted by atomic mass is 9.82. The number of amides is 2. The minimum atomic E-state index is -1.37. The van der Waals surface area contributed by atoms with Gasteiger partial charge in [0, 0.05) is 23.7 Å². The van der Waals surface area contributed by atoms with Crippen molar-refractivity contribution in [2.75, 3.05) is 19.9 Å². The molecule has 2 rings (SSSR count). The Morgan fingerprint density at radius 2 is 1.37 bits per heavy atom. The minimum Gasteiger partial charge on any atom is -0.476 e. The van der Waals surface area contributed by atoms with E-state index < -0.39 is 41.4 Å². The smallest absolute Gasteiger partial charge is 0.407 e. The molecule has 2 amide bonds. The van der Waals surface area contributed by atoms with Gasteiger partial charge in [-0.05, 0) is 95.8 Å². The molecular weight excluding hydrogens is 576 g/mol. The highest BCUT2D eigenvalue weighted by atomic mass is 35.5. The summed E-state index contributed by atoms with van der Waals surface area (Å²) in [5.41, 5.74) is -1.55. The topological polar surface area (TPSA) is 129 Å². The van der Waals surface area contributed by atoms with Gasteiger partial charge in [0.05, 0.1) is 5.41 Å². The summed E-state index contributed by atoms with van der Waals surface area (Å²) in [6.45, 7) is 11.8. The van der Waals surface area contributed by atoms with E-state index >= 15 is 0 Å². The van der Waals surface area contributed by atoms with Crippen LogP contribution in [0.2, 0.25) is 5.02 Å². The van der Waals surface area contributed by atoms with Crippen LogP contribution in [0.5, 0.6) is 5.75 Å². The van der Waals surface area contributed by atoms with E-state index in [0.717, 1.165) is 5.56 Å². The van der Waals surface area contributed by atoms with E-state index in [1.54, 1.807) is 71.0 Å². The number of halogens is 1. The van der Waals surface area contributed by atoms with E-state index in [9.17, 15) is 19.2 Å². The van der Waals surface area contributed by atoms with Crippen LogP contribution < -0.4 is 15.4 Å². The number of ether oxygens (including phenoxy) is 4. The third-order valence-electron chi connectivity index (χ3n) is 6.73. The molecule has 0 unspecified atom stereocenters.